The molecule has 3 nitrogen and oxygen atoms in total. The fraction of sp³-hybridized carbons (Fsp3) is 0.333. The first-order valence-corrected chi connectivity index (χ1v) is 5.22. The van der Waals surface area contributed by atoms with Gasteiger partial charge in [0.25, 0.3) is 0 Å². The summed E-state index contributed by atoms with van der Waals surface area (Å²) < 4.78 is 0. The third kappa shape index (κ3) is 1.88. The Morgan fingerprint density at radius 3 is 3.08 bits per heavy atom. The van der Waals surface area contributed by atoms with Gasteiger partial charge in [-0.15, -0.1) is 0 Å². The zero-order valence-electron chi connectivity index (χ0n) is 6.98. The van der Waals surface area contributed by atoms with Gasteiger partial charge in [0.2, 0.25) is 0 Å². The highest BCUT2D eigenvalue weighted by Crippen LogP contribution is 2.16. The zero-order valence-corrected chi connectivity index (χ0v) is 8.57. The Kier molecular flexibility index (Phi) is 2.59. The third-order valence-corrected chi connectivity index (χ3v) is 2.59. The van der Waals surface area contributed by atoms with Gasteiger partial charge in [0, 0.05) is 17.9 Å². The van der Waals surface area contributed by atoms with Crippen LogP contribution in [0.2, 0.25) is 0 Å². The molecule has 0 spiro atoms. The molecule has 68 valence electrons. The molecule has 0 radical (unpaired) electrons. The number of alkyl halides is 1. The highest BCUT2D eigenvalue weighted by Gasteiger charge is 2.21. The second kappa shape index (κ2) is 3.87. The smallest absolute Gasteiger partial charge is 0.142 e. The summed E-state index contributed by atoms with van der Waals surface area (Å²) in [4.78, 5) is 9.37. The molecule has 1 aromatic rings. The summed E-state index contributed by atoms with van der Waals surface area (Å²) >= 11 is 3.36. The second-order valence-corrected chi connectivity index (χ2v) is 3.49. The lowest BCUT2D eigenvalue weighted by Crippen LogP contribution is -2.09. The number of hydrogen-bond acceptors (Lipinski definition) is 3. The van der Waals surface area contributed by atoms with Crippen molar-refractivity contribution in [1.82, 2.24) is 4.98 Å². The molecule has 2 heterocycles. The van der Waals surface area contributed by atoms with Gasteiger partial charge in [0.1, 0.15) is 11.8 Å². The number of halogens is 1. The topological polar surface area (TPSA) is 34.5 Å². The quantitative estimate of drug-likeness (QED) is 0.742. The van der Waals surface area contributed by atoms with Gasteiger partial charge in [-0.2, -0.15) is 0 Å². The minimum atomic E-state index is 0.164. The molecule has 0 fully saturated rings. The lowest BCUT2D eigenvalue weighted by molar-refractivity contribution is 0.104. The van der Waals surface area contributed by atoms with E-state index in [4.69, 9.17) is 4.84 Å². The van der Waals surface area contributed by atoms with Crippen LogP contribution in [0.4, 0.5) is 0 Å². The van der Waals surface area contributed by atoms with Crippen molar-refractivity contribution >= 4 is 21.6 Å². The van der Waals surface area contributed by atoms with Crippen molar-refractivity contribution in [2.75, 3.05) is 5.33 Å². The fourth-order valence-corrected chi connectivity index (χ4v) is 1.54. The van der Waals surface area contributed by atoms with Gasteiger partial charge < -0.3 is 4.84 Å². The van der Waals surface area contributed by atoms with E-state index in [0.717, 1.165) is 23.2 Å². The van der Waals surface area contributed by atoms with E-state index in [-0.39, 0.29) is 6.10 Å². The van der Waals surface area contributed by atoms with Crippen LogP contribution in [0.15, 0.2) is 29.6 Å². The summed E-state index contributed by atoms with van der Waals surface area (Å²) in [5.74, 6) is 0. The molecular formula is C9H9BrN2O. The van der Waals surface area contributed by atoms with Crippen LogP contribution >= 0.6 is 15.9 Å². The Bertz CT molecular complexity index is 313. The Morgan fingerprint density at radius 2 is 2.46 bits per heavy atom. The van der Waals surface area contributed by atoms with Crippen molar-refractivity contribution < 1.29 is 4.84 Å². The van der Waals surface area contributed by atoms with Crippen molar-refractivity contribution in [1.29, 1.82) is 0 Å². The van der Waals surface area contributed by atoms with Gasteiger partial charge in [-0.1, -0.05) is 27.2 Å². The molecule has 1 atom stereocenters. The molecule has 0 aliphatic carbocycles. The fourth-order valence-electron chi connectivity index (χ4n) is 1.20. The molecular weight excluding hydrogens is 232 g/mol. The predicted octanol–water partition coefficient (Wildman–Crippen LogP) is 1.97. The Hall–Kier alpha value is -0.900. The van der Waals surface area contributed by atoms with Gasteiger partial charge in [-0.05, 0) is 12.1 Å². The van der Waals surface area contributed by atoms with E-state index in [9.17, 15) is 0 Å². The van der Waals surface area contributed by atoms with Crippen molar-refractivity contribution in [3.8, 4) is 0 Å². The summed E-state index contributed by atoms with van der Waals surface area (Å²) in [6.45, 7) is 0. The van der Waals surface area contributed by atoms with Crippen LogP contribution in [0.5, 0.6) is 0 Å². The molecule has 13 heavy (non-hydrogen) atoms. The molecule has 1 aliphatic heterocycles. The van der Waals surface area contributed by atoms with Crippen molar-refractivity contribution in [3.05, 3.63) is 30.1 Å². The second-order valence-electron chi connectivity index (χ2n) is 2.84. The molecule has 0 aromatic carbocycles. The molecule has 0 saturated carbocycles. The largest absolute Gasteiger partial charge is 0.391 e. The molecule has 0 amide bonds. The van der Waals surface area contributed by atoms with Crippen LogP contribution in [-0.2, 0) is 4.84 Å². The monoisotopic (exact) mass is 240 g/mol. The highest BCUT2D eigenvalue weighted by molar-refractivity contribution is 9.09. The summed E-state index contributed by atoms with van der Waals surface area (Å²) in [6.07, 6.45) is 2.76. The van der Waals surface area contributed by atoms with Crippen molar-refractivity contribution in [2.24, 2.45) is 5.16 Å². The Morgan fingerprint density at radius 1 is 1.54 bits per heavy atom. The molecule has 0 N–H and O–H groups in total. The minimum Gasteiger partial charge on any atom is -0.391 e. The van der Waals surface area contributed by atoms with E-state index < -0.39 is 0 Å². The first kappa shape index (κ1) is 8.69. The van der Waals surface area contributed by atoms with E-state index in [1.54, 1.807) is 6.20 Å². The van der Waals surface area contributed by atoms with Crippen molar-refractivity contribution in [2.45, 2.75) is 12.5 Å². The molecule has 0 bridgehead atoms. The standard InChI is InChI=1S/C9H9BrN2O/c10-6-7-5-9(12-13-7)8-3-1-2-4-11-8/h1-4,7H,5-6H2. The number of nitrogens with zero attached hydrogens (tertiary/aromatic N) is 2. The molecule has 1 aromatic heterocycles. The maximum absolute atomic E-state index is 5.17. The molecule has 4 heteroatoms. The average Bonchev–Trinajstić information content (AvgIpc) is 2.67. The number of rotatable bonds is 2. The number of pyridine rings is 1. The summed E-state index contributed by atoms with van der Waals surface area (Å²) in [6, 6.07) is 5.78. The van der Waals surface area contributed by atoms with Crippen LogP contribution in [0.1, 0.15) is 12.1 Å². The SMILES string of the molecule is BrCC1CC(c2ccccn2)=NO1. The van der Waals surface area contributed by atoms with Gasteiger partial charge in [0.05, 0.1) is 5.69 Å². The predicted molar refractivity (Wildman–Crippen MR) is 54.1 cm³/mol. The maximum atomic E-state index is 5.17. The van der Waals surface area contributed by atoms with E-state index in [1.165, 1.54) is 0 Å². The van der Waals surface area contributed by atoms with E-state index in [2.05, 4.69) is 26.1 Å². The van der Waals surface area contributed by atoms with Crippen LogP contribution in [0.3, 0.4) is 0 Å². The molecule has 1 aliphatic rings. The van der Waals surface area contributed by atoms with E-state index in [0.29, 0.717) is 0 Å². The van der Waals surface area contributed by atoms with Crippen LogP contribution in [0, 0.1) is 0 Å². The minimum absolute atomic E-state index is 0.164. The summed E-state index contributed by atoms with van der Waals surface area (Å²) in [7, 11) is 0. The van der Waals surface area contributed by atoms with E-state index >= 15 is 0 Å². The average molecular weight is 241 g/mol. The van der Waals surface area contributed by atoms with Crippen LogP contribution in [0.25, 0.3) is 0 Å². The first-order valence-electron chi connectivity index (χ1n) is 4.10. The van der Waals surface area contributed by atoms with Gasteiger partial charge in [-0.3, -0.25) is 4.98 Å². The van der Waals surface area contributed by atoms with Crippen LogP contribution < -0.4 is 0 Å². The third-order valence-electron chi connectivity index (χ3n) is 1.87. The molecule has 0 saturated heterocycles. The Balaban J connectivity index is 2.12. The molecule has 2 rings (SSSR count). The normalized spacial score (nSPS) is 21.0. The van der Waals surface area contributed by atoms with E-state index in [1.807, 2.05) is 18.2 Å². The lowest BCUT2D eigenvalue weighted by atomic mass is 10.1. The van der Waals surface area contributed by atoms with Gasteiger partial charge >= 0.3 is 0 Å². The van der Waals surface area contributed by atoms with Gasteiger partial charge in [0.15, 0.2) is 0 Å². The van der Waals surface area contributed by atoms with Crippen LogP contribution in [-0.4, -0.2) is 22.1 Å². The first-order chi connectivity index (χ1) is 6.40. The number of aromatic nitrogens is 1. The Labute approximate surface area is 84.9 Å². The number of hydrogen-bond donors (Lipinski definition) is 0. The molecule has 1 unspecified atom stereocenters. The lowest BCUT2D eigenvalue weighted by Gasteiger charge is -2.00. The number of oxime groups is 1. The summed E-state index contributed by atoms with van der Waals surface area (Å²) in [5, 5.41) is 4.79. The summed E-state index contributed by atoms with van der Waals surface area (Å²) in [5.41, 5.74) is 1.84. The maximum Gasteiger partial charge on any atom is 0.142 e. The zero-order chi connectivity index (χ0) is 9.10. The van der Waals surface area contributed by atoms with Gasteiger partial charge in [-0.25, -0.2) is 0 Å². The highest BCUT2D eigenvalue weighted by atomic mass is 79.9. The van der Waals surface area contributed by atoms with Crippen molar-refractivity contribution in [3.63, 3.8) is 0 Å².